The zero-order valence-electron chi connectivity index (χ0n) is 24.5. The van der Waals surface area contributed by atoms with E-state index in [1.807, 2.05) is 25.1 Å². The number of methoxy groups -OCH3 is 1. The van der Waals surface area contributed by atoms with E-state index in [0.717, 1.165) is 17.7 Å². The number of carbonyl (C=O) groups is 2. The molecular formula is C32H38N4O6. The zero-order valence-corrected chi connectivity index (χ0v) is 24.5. The van der Waals surface area contributed by atoms with E-state index in [1.54, 1.807) is 25.3 Å². The summed E-state index contributed by atoms with van der Waals surface area (Å²) < 4.78 is 6.30. The number of carbonyl (C=O) groups excluding carboxylic acids is 2. The van der Waals surface area contributed by atoms with Gasteiger partial charge in [-0.3, -0.25) is 19.4 Å². The number of benzene rings is 2. The Morgan fingerprint density at radius 1 is 1.17 bits per heavy atom. The summed E-state index contributed by atoms with van der Waals surface area (Å²) >= 11 is 0. The molecule has 2 aliphatic rings. The highest BCUT2D eigenvalue weighted by molar-refractivity contribution is 5.98. The maximum absolute atomic E-state index is 13.3. The number of aromatic hydroxyl groups is 1. The smallest absolute Gasteiger partial charge is 0.325 e. The van der Waals surface area contributed by atoms with E-state index in [0.29, 0.717) is 48.9 Å². The Labute approximate surface area is 244 Å². The van der Waals surface area contributed by atoms with Crippen LogP contribution in [0.4, 0.5) is 0 Å². The van der Waals surface area contributed by atoms with Gasteiger partial charge in [0.15, 0.2) is 0 Å². The number of amides is 1. The maximum atomic E-state index is 13.3. The summed E-state index contributed by atoms with van der Waals surface area (Å²) in [6.07, 6.45) is 3.78. The molecule has 3 aromatic rings. The van der Waals surface area contributed by atoms with Crippen molar-refractivity contribution in [1.82, 2.24) is 20.2 Å². The Bertz CT molecular complexity index is 1630. The number of nitrogens with zero attached hydrogens (tertiary/aromatic N) is 1. The molecule has 222 valence electrons. The van der Waals surface area contributed by atoms with Crippen molar-refractivity contribution >= 4 is 11.7 Å². The van der Waals surface area contributed by atoms with E-state index >= 15 is 0 Å². The summed E-state index contributed by atoms with van der Waals surface area (Å²) in [4.78, 5) is 56.4. The lowest BCUT2D eigenvalue weighted by Gasteiger charge is -2.59. The minimum absolute atomic E-state index is 0.0195. The molecule has 2 aromatic carbocycles. The van der Waals surface area contributed by atoms with Gasteiger partial charge in [-0.1, -0.05) is 44.2 Å². The highest BCUT2D eigenvalue weighted by Gasteiger charge is 2.62. The third-order valence-electron chi connectivity index (χ3n) is 9.45. The lowest BCUT2D eigenvalue weighted by molar-refractivity contribution is -0.160. The summed E-state index contributed by atoms with van der Waals surface area (Å²) in [5.74, 6) is -0.355. The van der Waals surface area contributed by atoms with Crippen molar-refractivity contribution in [3.8, 4) is 16.9 Å². The molecule has 10 nitrogen and oxygen atoms in total. The SMILES string of the molecule is CCN(C)[C@@H]1Cc2ccc(C(=O)NCCc3ccc(-c4c[nH]c(=O)[nH]c4=O)cc3)c(O)c2[C@@]2(C)CC(=O)CC[C@@]12OC. The molecule has 1 amide bonds. The number of aromatic nitrogens is 2. The van der Waals surface area contributed by atoms with Crippen LogP contribution in [0.1, 0.15) is 60.2 Å². The normalized spacial score (nSPS) is 23.4. The first-order valence-corrected chi connectivity index (χ1v) is 14.4. The lowest BCUT2D eigenvalue weighted by Crippen LogP contribution is -2.68. The minimum Gasteiger partial charge on any atom is -0.507 e. The van der Waals surface area contributed by atoms with Crippen molar-refractivity contribution in [3.63, 3.8) is 0 Å². The Balaban J connectivity index is 1.36. The van der Waals surface area contributed by atoms with Gasteiger partial charge in [0, 0.05) is 49.7 Å². The zero-order chi connectivity index (χ0) is 30.2. The van der Waals surface area contributed by atoms with Crippen molar-refractivity contribution in [1.29, 1.82) is 0 Å². The predicted octanol–water partition coefficient (Wildman–Crippen LogP) is 2.68. The van der Waals surface area contributed by atoms with Gasteiger partial charge in [-0.25, -0.2) is 4.79 Å². The molecule has 1 aromatic heterocycles. The van der Waals surface area contributed by atoms with Crippen molar-refractivity contribution in [2.45, 2.75) is 63.0 Å². The highest BCUT2D eigenvalue weighted by Crippen LogP contribution is 2.57. The first-order chi connectivity index (χ1) is 20.0. The van der Waals surface area contributed by atoms with E-state index in [9.17, 15) is 24.3 Å². The second-order valence-corrected chi connectivity index (χ2v) is 11.6. The van der Waals surface area contributed by atoms with Crippen molar-refractivity contribution in [2.75, 3.05) is 27.2 Å². The van der Waals surface area contributed by atoms with Crippen molar-refractivity contribution in [3.05, 3.63) is 85.7 Å². The number of phenolic OH excluding ortho intramolecular Hbond substituents is 1. The number of hydrogen-bond acceptors (Lipinski definition) is 7. The summed E-state index contributed by atoms with van der Waals surface area (Å²) in [6, 6.07) is 10.9. The van der Waals surface area contributed by atoms with Crippen LogP contribution in [0.5, 0.6) is 5.75 Å². The average Bonchev–Trinajstić information content (AvgIpc) is 2.96. The Morgan fingerprint density at radius 3 is 2.57 bits per heavy atom. The first-order valence-electron chi connectivity index (χ1n) is 14.4. The van der Waals surface area contributed by atoms with E-state index in [4.69, 9.17) is 4.74 Å². The third-order valence-corrected chi connectivity index (χ3v) is 9.45. The fourth-order valence-electron chi connectivity index (χ4n) is 7.13. The number of ether oxygens (including phenoxy) is 1. The topological polar surface area (TPSA) is 145 Å². The molecule has 1 saturated carbocycles. The van der Waals surface area contributed by atoms with Gasteiger partial charge < -0.3 is 25.0 Å². The number of ketones is 1. The van der Waals surface area contributed by atoms with Crippen LogP contribution in [0.25, 0.3) is 11.1 Å². The summed E-state index contributed by atoms with van der Waals surface area (Å²) in [5.41, 5.74) is 1.20. The van der Waals surface area contributed by atoms with Crippen LogP contribution in [0.3, 0.4) is 0 Å². The molecule has 10 heteroatoms. The number of fused-ring (bicyclic) bond motifs is 3. The van der Waals surface area contributed by atoms with Crippen molar-refractivity contribution in [2.24, 2.45) is 0 Å². The molecule has 0 saturated heterocycles. The molecule has 2 aliphatic carbocycles. The van der Waals surface area contributed by atoms with Gasteiger partial charge in [0.1, 0.15) is 11.5 Å². The largest absolute Gasteiger partial charge is 0.507 e. The van der Waals surface area contributed by atoms with Crippen LogP contribution in [0, 0.1) is 0 Å². The average molecular weight is 575 g/mol. The van der Waals surface area contributed by atoms with Crippen molar-refractivity contribution < 1.29 is 19.4 Å². The van der Waals surface area contributed by atoms with Gasteiger partial charge in [-0.15, -0.1) is 0 Å². The molecule has 0 aliphatic heterocycles. The number of hydrogen-bond donors (Lipinski definition) is 4. The number of rotatable bonds is 8. The standard InChI is InChI=1S/C32H38N4O6/c1-5-36(3)25-16-21-10-11-23(27(38)26(21)31(2)17-22(37)12-14-32(25,31)42-4)28(39)33-15-13-19-6-8-20(9-7-19)24-18-34-30(41)35-29(24)40/h6-11,18,25,38H,5,12-17H2,1-4H3,(H,33,39)(H2,34,35,40,41)/t25-,31-,32-/m1/s1. The van der Waals surface area contributed by atoms with E-state index in [-0.39, 0.29) is 29.6 Å². The Hall–Kier alpha value is -4.02. The van der Waals surface area contributed by atoms with Gasteiger partial charge in [0.05, 0.1) is 16.7 Å². The van der Waals surface area contributed by atoms with Gasteiger partial charge in [0.2, 0.25) is 0 Å². The highest BCUT2D eigenvalue weighted by atomic mass is 16.5. The molecule has 3 atom stereocenters. The summed E-state index contributed by atoms with van der Waals surface area (Å²) in [5, 5.41) is 14.5. The fourth-order valence-corrected chi connectivity index (χ4v) is 7.13. The summed E-state index contributed by atoms with van der Waals surface area (Å²) in [7, 11) is 3.75. The van der Waals surface area contributed by atoms with Crippen LogP contribution in [0.15, 0.2) is 52.2 Å². The van der Waals surface area contributed by atoms with Crippen LogP contribution in [0.2, 0.25) is 0 Å². The maximum Gasteiger partial charge on any atom is 0.325 e. The van der Waals surface area contributed by atoms with Crippen LogP contribution >= 0.6 is 0 Å². The van der Waals surface area contributed by atoms with Gasteiger partial charge in [-0.05, 0) is 55.6 Å². The van der Waals surface area contributed by atoms with Crippen LogP contribution in [-0.4, -0.2) is 70.6 Å². The fraction of sp³-hybridized carbons (Fsp3) is 0.438. The molecule has 0 radical (unpaired) electrons. The van der Waals surface area contributed by atoms with Crippen LogP contribution < -0.4 is 16.6 Å². The van der Waals surface area contributed by atoms with Gasteiger partial charge in [0.25, 0.3) is 11.5 Å². The molecule has 1 heterocycles. The molecule has 42 heavy (non-hydrogen) atoms. The van der Waals surface area contributed by atoms with E-state index in [1.165, 1.54) is 6.20 Å². The van der Waals surface area contributed by atoms with Gasteiger partial charge >= 0.3 is 5.69 Å². The molecule has 0 unspecified atom stereocenters. The lowest BCUT2D eigenvalue weighted by atomic mass is 9.52. The predicted molar refractivity (Wildman–Crippen MR) is 159 cm³/mol. The van der Waals surface area contributed by atoms with Gasteiger partial charge in [-0.2, -0.15) is 0 Å². The number of likely N-dealkylation sites (N-methyl/N-ethyl adjacent to an activating group) is 1. The summed E-state index contributed by atoms with van der Waals surface area (Å²) in [6.45, 7) is 5.23. The Kier molecular flexibility index (Phi) is 7.96. The molecule has 0 spiro atoms. The molecule has 1 fully saturated rings. The minimum atomic E-state index is -0.797. The molecule has 5 rings (SSSR count). The van der Waals surface area contributed by atoms with E-state index < -0.39 is 28.2 Å². The Morgan fingerprint density at radius 2 is 1.90 bits per heavy atom. The first kappa shape index (κ1) is 29.5. The van der Waals surface area contributed by atoms with Crippen LogP contribution in [-0.2, 0) is 27.8 Å². The van der Waals surface area contributed by atoms with E-state index in [2.05, 4.69) is 34.2 Å². The third kappa shape index (κ3) is 4.88. The molecular weight excluding hydrogens is 536 g/mol. The second-order valence-electron chi connectivity index (χ2n) is 11.6. The number of aromatic amines is 2. The quantitative estimate of drug-likeness (QED) is 0.324. The second kappa shape index (κ2) is 11.3. The monoisotopic (exact) mass is 574 g/mol. The number of Topliss-reactive ketones (excluding diaryl/α,β-unsaturated/α-hetero) is 1. The number of H-pyrrole nitrogens is 2. The number of nitrogens with one attached hydrogen (secondary N) is 3. The molecule has 0 bridgehead atoms. The molecule has 4 N–H and O–H groups in total. The number of phenols is 1.